The van der Waals surface area contributed by atoms with Gasteiger partial charge in [0.05, 0.1) is 13.7 Å². The Bertz CT molecular complexity index is 1100. The lowest BCUT2D eigenvalue weighted by Crippen LogP contribution is -2.51. The number of methoxy groups -OCH3 is 1. The summed E-state index contributed by atoms with van der Waals surface area (Å²) in [5, 5.41) is 0. The minimum absolute atomic E-state index is 0.0229. The first kappa shape index (κ1) is 20.6. The molecule has 1 fully saturated rings. The fraction of sp³-hybridized carbons (Fsp3) is 0.296. The molecule has 3 aromatic rings. The highest BCUT2D eigenvalue weighted by molar-refractivity contribution is 5.78. The maximum absolute atomic E-state index is 12.2. The summed E-state index contributed by atoms with van der Waals surface area (Å²) in [7, 11) is 3.47. The summed E-state index contributed by atoms with van der Waals surface area (Å²) in [6.07, 6.45) is 1.81. The minimum atomic E-state index is -0.771. The zero-order valence-electron chi connectivity index (χ0n) is 18.4. The van der Waals surface area contributed by atoms with Gasteiger partial charge in [-0.3, -0.25) is 4.79 Å². The third-order valence-corrected chi connectivity index (χ3v) is 6.50. The van der Waals surface area contributed by atoms with E-state index >= 15 is 0 Å². The predicted molar refractivity (Wildman–Crippen MR) is 122 cm³/mol. The van der Waals surface area contributed by atoms with E-state index in [-0.39, 0.29) is 18.6 Å². The summed E-state index contributed by atoms with van der Waals surface area (Å²) in [5.74, 6) is 1.36. The van der Waals surface area contributed by atoms with Gasteiger partial charge in [0.25, 0.3) is 0 Å². The molecule has 1 aliphatic carbocycles. The van der Waals surface area contributed by atoms with Gasteiger partial charge in [0.1, 0.15) is 18.3 Å². The molecule has 0 spiro atoms. The maximum Gasteiger partial charge on any atom is 0.248 e. The molecular weight excluding hydrogens is 402 g/mol. The van der Waals surface area contributed by atoms with Gasteiger partial charge in [-0.05, 0) is 34.4 Å². The summed E-state index contributed by atoms with van der Waals surface area (Å²) in [4.78, 5) is 13.9. The van der Waals surface area contributed by atoms with Crippen LogP contribution in [0, 0.1) is 0 Å². The van der Waals surface area contributed by atoms with Gasteiger partial charge in [0, 0.05) is 19.9 Å². The number of hydrogen-bond acceptors (Lipinski definition) is 4. The van der Waals surface area contributed by atoms with Gasteiger partial charge < -0.3 is 19.1 Å². The zero-order valence-corrected chi connectivity index (χ0v) is 18.4. The molecule has 5 nitrogen and oxygen atoms in total. The molecule has 1 unspecified atom stereocenters. The quantitative estimate of drug-likeness (QED) is 0.616. The number of rotatable bonds is 5. The summed E-state index contributed by atoms with van der Waals surface area (Å²) in [5.41, 5.74) is 3.85. The molecule has 3 aromatic carbocycles. The average molecular weight is 430 g/mol. The van der Waals surface area contributed by atoms with Gasteiger partial charge in [-0.15, -0.1) is 0 Å². The number of carbonyl (C=O) groups is 1. The molecule has 0 radical (unpaired) electrons. The molecule has 0 N–H and O–H groups in total. The van der Waals surface area contributed by atoms with Gasteiger partial charge in [-0.2, -0.15) is 0 Å². The molecule has 1 heterocycles. The van der Waals surface area contributed by atoms with Crippen molar-refractivity contribution in [1.82, 2.24) is 4.90 Å². The lowest BCUT2D eigenvalue weighted by molar-refractivity contribution is -0.156. The lowest BCUT2D eigenvalue weighted by atomic mass is 9.84. The van der Waals surface area contributed by atoms with E-state index in [2.05, 4.69) is 24.3 Å². The largest absolute Gasteiger partial charge is 0.493 e. The topological polar surface area (TPSA) is 48.0 Å². The summed E-state index contributed by atoms with van der Waals surface area (Å²) < 4.78 is 18.4. The van der Waals surface area contributed by atoms with Gasteiger partial charge in [-0.25, -0.2) is 0 Å². The van der Waals surface area contributed by atoms with E-state index < -0.39 is 5.60 Å². The number of likely N-dealkylation sites (N-methyl/N-ethyl adjacent to an activating group) is 1. The Hall–Kier alpha value is -3.31. The van der Waals surface area contributed by atoms with Crippen LogP contribution in [0.5, 0.6) is 11.5 Å². The van der Waals surface area contributed by atoms with Crippen LogP contribution in [0.2, 0.25) is 0 Å². The SMILES string of the molecule is COc1ccc(C2(c3ccccc3)CN(C)C(=O)CO2)cc1OC1Cc2ccccc2C1. The Morgan fingerprint density at radius 2 is 1.59 bits per heavy atom. The smallest absolute Gasteiger partial charge is 0.248 e. The molecule has 32 heavy (non-hydrogen) atoms. The van der Waals surface area contributed by atoms with Crippen LogP contribution in [0.1, 0.15) is 22.3 Å². The molecule has 1 atom stereocenters. The first-order chi connectivity index (χ1) is 15.6. The Labute approximate surface area is 188 Å². The standard InChI is InChI=1S/C27H27NO4/c1-28-18-27(31-17-26(28)29,21-10-4-3-5-11-21)22-12-13-24(30-2)25(16-22)32-23-14-19-8-6-7-9-20(19)15-23/h3-13,16,23H,14-15,17-18H2,1-2H3. The summed E-state index contributed by atoms with van der Waals surface area (Å²) in [6, 6.07) is 24.5. The number of carbonyl (C=O) groups excluding carboxylic acids is 1. The van der Waals surface area contributed by atoms with Crippen LogP contribution in [0.3, 0.4) is 0 Å². The van der Waals surface area contributed by atoms with Gasteiger partial charge in [-0.1, -0.05) is 60.7 Å². The van der Waals surface area contributed by atoms with Crippen LogP contribution in [0.4, 0.5) is 0 Å². The fourth-order valence-electron chi connectivity index (χ4n) is 4.79. The molecule has 0 saturated carbocycles. The first-order valence-electron chi connectivity index (χ1n) is 10.9. The van der Waals surface area contributed by atoms with Gasteiger partial charge >= 0.3 is 0 Å². The van der Waals surface area contributed by atoms with Crippen molar-refractivity contribution in [3.63, 3.8) is 0 Å². The molecule has 2 aliphatic rings. The molecule has 5 rings (SSSR count). The normalized spacial score (nSPS) is 20.8. The molecule has 1 amide bonds. The van der Waals surface area contributed by atoms with Crippen molar-refractivity contribution >= 4 is 5.91 Å². The third-order valence-electron chi connectivity index (χ3n) is 6.50. The van der Waals surface area contributed by atoms with Crippen LogP contribution in [0.15, 0.2) is 72.8 Å². The van der Waals surface area contributed by atoms with Crippen LogP contribution < -0.4 is 9.47 Å². The van der Waals surface area contributed by atoms with E-state index in [1.165, 1.54) is 11.1 Å². The van der Waals surface area contributed by atoms with E-state index in [0.29, 0.717) is 18.0 Å². The van der Waals surface area contributed by atoms with Crippen molar-refractivity contribution in [1.29, 1.82) is 0 Å². The Morgan fingerprint density at radius 1 is 0.906 bits per heavy atom. The second-order valence-electron chi connectivity index (χ2n) is 8.51. The van der Waals surface area contributed by atoms with E-state index in [0.717, 1.165) is 24.0 Å². The number of fused-ring (bicyclic) bond motifs is 1. The predicted octanol–water partition coefficient (Wildman–Crippen LogP) is 3.97. The first-order valence-corrected chi connectivity index (χ1v) is 10.9. The van der Waals surface area contributed by atoms with Crippen LogP contribution in [-0.2, 0) is 28.0 Å². The number of nitrogens with zero attached hydrogens (tertiary/aromatic N) is 1. The summed E-state index contributed by atoms with van der Waals surface area (Å²) in [6.45, 7) is 0.460. The van der Waals surface area contributed by atoms with Crippen LogP contribution in [0.25, 0.3) is 0 Å². The van der Waals surface area contributed by atoms with Crippen molar-refractivity contribution in [2.75, 3.05) is 27.3 Å². The molecule has 0 aromatic heterocycles. The van der Waals surface area contributed by atoms with E-state index in [1.54, 1.807) is 12.0 Å². The molecular formula is C27H27NO4. The van der Waals surface area contributed by atoms with E-state index in [9.17, 15) is 4.79 Å². The number of hydrogen-bond donors (Lipinski definition) is 0. The van der Waals surface area contributed by atoms with Crippen molar-refractivity contribution in [3.8, 4) is 11.5 Å². The maximum atomic E-state index is 12.2. The van der Waals surface area contributed by atoms with E-state index in [4.69, 9.17) is 14.2 Å². The van der Waals surface area contributed by atoms with Gasteiger partial charge in [0.15, 0.2) is 11.5 Å². The molecule has 164 valence electrons. The second-order valence-corrected chi connectivity index (χ2v) is 8.51. The fourth-order valence-corrected chi connectivity index (χ4v) is 4.79. The zero-order chi connectivity index (χ0) is 22.1. The number of morpholine rings is 1. The summed E-state index contributed by atoms with van der Waals surface area (Å²) >= 11 is 0. The number of amides is 1. The lowest BCUT2D eigenvalue weighted by Gasteiger charge is -2.42. The number of benzene rings is 3. The van der Waals surface area contributed by atoms with Crippen molar-refractivity contribution in [2.45, 2.75) is 24.5 Å². The Morgan fingerprint density at radius 3 is 2.25 bits per heavy atom. The monoisotopic (exact) mass is 429 g/mol. The molecule has 1 saturated heterocycles. The highest BCUT2D eigenvalue weighted by Gasteiger charge is 2.42. The van der Waals surface area contributed by atoms with Crippen LogP contribution in [-0.4, -0.2) is 44.2 Å². The van der Waals surface area contributed by atoms with Gasteiger partial charge in [0.2, 0.25) is 5.91 Å². The molecule has 5 heteroatoms. The second kappa shape index (κ2) is 8.32. The Balaban J connectivity index is 1.52. The number of ether oxygens (including phenoxy) is 3. The minimum Gasteiger partial charge on any atom is -0.493 e. The Kier molecular flexibility index (Phi) is 5.35. The van der Waals surface area contributed by atoms with Crippen molar-refractivity contribution < 1.29 is 19.0 Å². The van der Waals surface area contributed by atoms with E-state index in [1.807, 2.05) is 55.6 Å². The molecule has 1 aliphatic heterocycles. The molecule has 0 bridgehead atoms. The van der Waals surface area contributed by atoms with Crippen molar-refractivity contribution in [2.24, 2.45) is 0 Å². The van der Waals surface area contributed by atoms with Crippen molar-refractivity contribution in [3.05, 3.63) is 95.1 Å². The average Bonchev–Trinajstić information content (AvgIpc) is 3.24. The highest BCUT2D eigenvalue weighted by atomic mass is 16.5. The highest BCUT2D eigenvalue weighted by Crippen LogP contribution is 2.41. The van der Waals surface area contributed by atoms with Crippen LogP contribution >= 0.6 is 0 Å². The third kappa shape index (κ3) is 3.63.